The second-order valence-electron chi connectivity index (χ2n) is 4.47. The fraction of sp³-hybridized carbons (Fsp3) is 0.0667. The van der Waals surface area contributed by atoms with Crippen LogP contribution in [-0.4, -0.2) is 11.6 Å². The number of hydrogen-bond acceptors (Lipinski definition) is 3. The predicted molar refractivity (Wildman–Crippen MR) is 83.7 cm³/mol. The Balaban J connectivity index is 1.97. The molecule has 1 aliphatic heterocycles. The number of carbonyl (C=O) groups is 1. The van der Waals surface area contributed by atoms with Crippen molar-refractivity contribution in [3.63, 3.8) is 0 Å². The van der Waals surface area contributed by atoms with Crippen LogP contribution in [0.5, 0.6) is 0 Å². The van der Waals surface area contributed by atoms with E-state index < -0.39 is 0 Å². The minimum atomic E-state index is -0.234. The van der Waals surface area contributed by atoms with Gasteiger partial charge in [0, 0.05) is 0 Å². The maximum absolute atomic E-state index is 12.5. The highest BCUT2D eigenvalue weighted by molar-refractivity contribution is 6.42. The van der Waals surface area contributed by atoms with Crippen LogP contribution in [0.3, 0.4) is 0 Å². The van der Waals surface area contributed by atoms with Gasteiger partial charge in [0.25, 0.3) is 5.91 Å². The van der Waals surface area contributed by atoms with Gasteiger partial charge < -0.3 is 4.42 Å². The van der Waals surface area contributed by atoms with Gasteiger partial charge in [-0.3, -0.25) is 4.79 Å². The molecular formula is C15H10Cl2N2O2. The summed E-state index contributed by atoms with van der Waals surface area (Å²) in [5.74, 6) is 0.367. The number of anilines is 1. The molecule has 106 valence electrons. The highest BCUT2D eigenvalue weighted by Crippen LogP contribution is 2.30. The number of hydrogen-bond donors (Lipinski definition) is 0. The molecule has 0 atom stereocenters. The van der Waals surface area contributed by atoms with Gasteiger partial charge in [0.1, 0.15) is 5.76 Å². The SMILES string of the molecule is CC1=NN(c2ccc(Cl)c(Cl)c2)C(=O)C1=Cc1ccco1. The molecule has 2 heterocycles. The van der Waals surface area contributed by atoms with Gasteiger partial charge in [-0.25, -0.2) is 0 Å². The van der Waals surface area contributed by atoms with Crippen LogP contribution in [0, 0.1) is 0 Å². The lowest BCUT2D eigenvalue weighted by atomic mass is 10.1. The summed E-state index contributed by atoms with van der Waals surface area (Å²) in [5.41, 5.74) is 1.66. The zero-order valence-corrected chi connectivity index (χ0v) is 12.5. The van der Waals surface area contributed by atoms with E-state index in [0.717, 1.165) is 0 Å². The first-order valence-electron chi connectivity index (χ1n) is 6.16. The first kappa shape index (κ1) is 13.9. The van der Waals surface area contributed by atoms with Crippen molar-refractivity contribution in [2.24, 2.45) is 5.10 Å². The number of hydrazone groups is 1. The Labute approximate surface area is 131 Å². The Hall–Kier alpha value is -2.04. The molecule has 1 aromatic carbocycles. The first-order chi connectivity index (χ1) is 10.1. The largest absolute Gasteiger partial charge is 0.465 e. The van der Waals surface area contributed by atoms with Crippen LogP contribution in [0.25, 0.3) is 6.08 Å². The van der Waals surface area contributed by atoms with Crippen molar-refractivity contribution in [3.8, 4) is 0 Å². The van der Waals surface area contributed by atoms with E-state index in [4.69, 9.17) is 27.6 Å². The fourth-order valence-corrected chi connectivity index (χ4v) is 2.28. The van der Waals surface area contributed by atoms with E-state index in [-0.39, 0.29) is 5.91 Å². The number of benzene rings is 1. The van der Waals surface area contributed by atoms with Crippen LogP contribution in [-0.2, 0) is 4.79 Å². The van der Waals surface area contributed by atoms with Crippen molar-refractivity contribution in [1.29, 1.82) is 0 Å². The number of nitrogens with zero attached hydrogens (tertiary/aromatic N) is 2. The minimum absolute atomic E-state index is 0.234. The second-order valence-corrected chi connectivity index (χ2v) is 5.29. The van der Waals surface area contributed by atoms with Crippen LogP contribution in [0.2, 0.25) is 10.0 Å². The van der Waals surface area contributed by atoms with Crippen molar-refractivity contribution in [3.05, 3.63) is 58.0 Å². The topological polar surface area (TPSA) is 45.8 Å². The molecule has 0 radical (unpaired) electrons. The average Bonchev–Trinajstić information content (AvgIpc) is 3.06. The normalized spacial score (nSPS) is 16.7. The van der Waals surface area contributed by atoms with Crippen LogP contribution in [0.4, 0.5) is 5.69 Å². The summed E-state index contributed by atoms with van der Waals surface area (Å²) in [7, 11) is 0. The maximum atomic E-state index is 12.5. The third-order valence-corrected chi connectivity index (χ3v) is 3.78. The van der Waals surface area contributed by atoms with E-state index in [9.17, 15) is 4.79 Å². The molecule has 1 aliphatic rings. The van der Waals surface area contributed by atoms with Crippen molar-refractivity contribution in [1.82, 2.24) is 0 Å². The molecule has 0 bridgehead atoms. The Morgan fingerprint density at radius 3 is 2.71 bits per heavy atom. The quantitative estimate of drug-likeness (QED) is 0.770. The summed E-state index contributed by atoms with van der Waals surface area (Å²) in [6, 6.07) is 8.46. The molecule has 0 aliphatic carbocycles. The monoisotopic (exact) mass is 320 g/mol. The fourth-order valence-electron chi connectivity index (χ4n) is 1.99. The van der Waals surface area contributed by atoms with E-state index >= 15 is 0 Å². The zero-order valence-electron chi connectivity index (χ0n) is 11.0. The predicted octanol–water partition coefficient (Wildman–Crippen LogP) is 4.39. The molecular weight excluding hydrogens is 311 g/mol. The molecule has 6 heteroatoms. The third kappa shape index (κ3) is 2.60. The van der Waals surface area contributed by atoms with E-state index in [2.05, 4.69) is 5.10 Å². The molecule has 0 spiro atoms. The van der Waals surface area contributed by atoms with E-state index in [1.165, 1.54) is 5.01 Å². The Kier molecular flexibility index (Phi) is 3.57. The molecule has 0 saturated heterocycles. The Morgan fingerprint density at radius 1 is 1.24 bits per heavy atom. The molecule has 4 nitrogen and oxygen atoms in total. The molecule has 0 fully saturated rings. The van der Waals surface area contributed by atoms with Gasteiger partial charge in [-0.15, -0.1) is 0 Å². The molecule has 0 N–H and O–H groups in total. The molecule has 0 saturated carbocycles. The van der Waals surface area contributed by atoms with Crippen LogP contribution < -0.4 is 5.01 Å². The van der Waals surface area contributed by atoms with E-state index in [1.54, 1.807) is 49.6 Å². The van der Waals surface area contributed by atoms with Gasteiger partial charge in [0.2, 0.25) is 0 Å². The van der Waals surface area contributed by atoms with Crippen LogP contribution in [0.1, 0.15) is 12.7 Å². The smallest absolute Gasteiger partial charge is 0.280 e. The van der Waals surface area contributed by atoms with Crippen molar-refractivity contribution in [2.75, 3.05) is 5.01 Å². The molecule has 21 heavy (non-hydrogen) atoms. The summed E-state index contributed by atoms with van der Waals surface area (Å²) < 4.78 is 5.23. The van der Waals surface area contributed by atoms with Crippen molar-refractivity contribution in [2.45, 2.75) is 6.92 Å². The number of halogens is 2. The zero-order chi connectivity index (χ0) is 15.0. The average molecular weight is 321 g/mol. The Bertz CT molecular complexity index is 764. The van der Waals surface area contributed by atoms with E-state index in [1.807, 2.05) is 0 Å². The van der Waals surface area contributed by atoms with Gasteiger partial charge in [-0.2, -0.15) is 10.1 Å². The van der Waals surface area contributed by atoms with Crippen molar-refractivity contribution >= 4 is 46.6 Å². The molecule has 2 aromatic rings. The van der Waals surface area contributed by atoms with Gasteiger partial charge in [0.15, 0.2) is 0 Å². The lowest BCUT2D eigenvalue weighted by molar-refractivity contribution is -0.114. The van der Waals surface area contributed by atoms with Crippen molar-refractivity contribution < 1.29 is 9.21 Å². The van der Waals surface area contributed by atoms with Gasteiger partial charge in [-0.05, 0) is 43.3 Å². The standard InChI is InChI=1S/C15H10Cl2N2O2/c1-9-12(8-11-3-2-6-21-11)15(20)19(18-9)10-4-5-13(16)14(17)7-10/h2-8H,1H3. The van der Waals surface area contributed by atoms with Crippen LogP contribution >= 0.6 is 23.2 Å². The lowest BCUT2D eigenvalue weighted by Crippen LogP contribution is -2.21. The second kappa shape index (κ2) is 5.39. The highest BCUT2D eigenvalue weighted by atomic mass is 35.5. The maximum Gasteiger partial charge on any atom is 0.280 e. The highest BCUT2D eigenvalue weighted by Gasteiger charge is 2.29. The number of furan rings is 1. The molecule has 1 amide bonds. The minimum Gasteiger partial charge on any atom is -0.465 e. The molecule has 0 unspecified atom stereocenters. The summed E-state index contributed by atoms with van der Waals surface area (Å²) >= 11 is 11.9. The Morgan fingerprint density at radius 2 is 2.05 bits per heavy atom. The summed E-state index contributed by atoms with van der Waals surface area (Å²) in [4.78, 5) is 12.5. The number of amides is 1. The summed E-state index contributed by atoms with van der Waals surface area (Å²) in [6.45, 7) is 1.77. The summed E-state index contributed by atoms with van der Waals surface area (Å²) in [6.07, 6.45) is 3.22. The molecule has 1 aromatic heterocycles. The third-order valence-electron chi connectivity index (χ3n) is 3.04. The van der Waals surface area contributed by atoms with Crippen LogP contribution in [0.15, 0.2) is 51.7 Å². The van der Waals surface area contributed by atoms with Gasteiger partial charge >= 0.3 is 0 Å². The first-order valence-corrected chi connectivity index (χ1v) is 6.92. The van der Waals surface area contributed by atoms with E-state index in [0.29, 0.717) is 32.8 Å². The van der Waals surface area contributed by atoms with Gasteiger partial charge in [0.05, 0.1) is 33.3 Å². The molecule has 3 rings (SSSR count). The number of rotatable bonds is 2. The lowest BCUT2D eigenvalue weighted by Gasteiger charge is -2.12. The summed E-state index contributed by atoms with van der Waals surface area (Å²) in [5, 5.41) is 6.36. The number of carbonyl (C=O) groups excluding carboxylic acids is 1. The van der Waals surface area contributed by atoms with Gasteiger partial charge in [-0.1, -0.05) is 23.2 Å².